The lowest BCUT2D eigenvalue weighted by Gasteiger charge is -2.34. The monoisotopic (exact) mass is 321 g/mol. The highest BCUT2D eigenvalue weighted by Crippen LogP contribution is 2.26. The smallest absolute Gasteiger partial charge is 0.330 e. The standard InChI is InChI=1S/C14H16ClN5O2/c15-12-4-2-1-3-11(12)10-18-5-7-19(8-6-18)14-13(20(21)22)9-16-17-14/h1-4,9H,5-8,10H2,(H,16,17). The summed E-state index contributed by atoms with van der Waals surface area (Å²) in [4.78, 5) is 14.8. The van der Waals surface area contributed by atoms with E-state index in [1.54, 1.807) is 0 Å². The number of nitrogens with one attached hydrogen (secondary N) is 1. The van der Waals surface area contributed by atoms with Gasteiger partial charge in [0.05, 0.1) is 4.92 Å². The van der Waals surface area contributed by atoms with Gasteiger partial charge in [-0.3, -0.25) is 20.1 Å². The first-order valence-electron chi connectivity index (χ1n) is 7.03. The molecular weight excluding hydrogens is 306 g/mol. The molecule has 1 fully saturated rings. The molecule has 22 heavy (non-hydrogen) atoms. The maximum Gasteiger partial charge on any atom is 0.330 e. The van der Waals surface area contributed by atoms with Crippen LogP contribution < -0.4 is 4.90 Å². The average molecular weight is 322 g/mol. The number of piperazine rings is 1. The van der Waals surface area contributed by atoms with Crippen LogP contribution >= 0.6 is 11.6 Å². The zero-order valence-corrected chi connectivity index (χ0v) is 12.7. The van der Waals surface area contributed by atoms with Gasteiger partial charge >= 0.3 is 5.69 Å². The van der Waals surface area contributed by atoms with E-state index in [0.29, 0.717) is 18.9 Å². The van der Waals surface area contributed by atoms with Crippen LogP contribution in [0.2, 0.25) is 5.02 Å². The average Bonchev–Trinajstić information content (AvgIpc) is 3.00. The highest BCUT2D eigenvalue weighted by molar-refractivity contribution is 6.31. The van der Waals surface area contributed by atoms with Crippen LogP contribution in [-0.4, -0.2) is 46.2 Å². The van der Waals surface area contributed by atoms with Crippen molar-refractivity contribution < 1.29 is 4.92 Å². The maximum absolute atomic E-state index is 11.0. The summed E-state index contributed by atoms with van der Waals surface area (Å²) in [5, 5.41) is 18.2. The van der Waals surface area contributed by atoms with Crippen molar-refractivity contribution >= 4 is 23.1 Å². The molecule has 0 atom stereocenters. The molecular formula is C14H16ClN5O2. The van der Waals surface area contributed by atoms with E-state index in [2.05, 4.69) is 15.1 Å². The molecule has 7 nitrogen and oxygen atoms in total. The fourth-order valence-electron chi connectivity index (χ4n) is 2.64. The summed E-state index contributed by atoms with van der Waals surface area (Å²) in [5.74, 6) is 0.488. The Morgan fingerprint density at radius 3 is 2.68 bits per heavy atom. The Morgan fingerprint density at radius 1 is 1.27 bits per heavy atom. The Balaban J connectivity index is 1.62. The number of H-pyrrole nitrogens is 1. The summed E-state index contributed by atoms with van der Waals surface area (Å²) in [6.45, 7) is 3.86. The lowest BCUT2D eigenvalue weighted by molar-refractivity contribution is -0.384. The van der Waals surface area contributed by atoms with Gasteiger partial charge in [-0.05, 0) is 11.6 Å². The lowest BCUT2D eigenvalue weighted by Crippen LogP contribution is -2.46. The molecule has 0 unspecified atom stereocenters. The van der Waals surface area contributed by atoms with E-state index < -0.39 is 4.92 Å². The van der Waals surface area contributed by atoms with Crippen molar-refractivity contribution in [1.29, 1.82) is 0 Å². The van der Waals surface area contributed by atoms with E-state index in [4.69, 9.17) is 11.6 Å². The SMILES string of the molecule is O=[N+]([O-])c1cn[nH]c1N1CCN(Cc2ccccc2Cl)CC1. The van der Waals surface area contributed by atoms with Crippen LogP contribution in [0.15, 0.2) is 30.5 Å². The van der Waals surface area contributed by atoms with Gasteiger partial charge in [0.1, 0.15) is 6.20 Å². The highest BCUT2D eigenvalue weighted by atomic mass is 35.5. The number of aromatic amines is 1. The predicted molar refractivity (Wildman–Crippen MR) is 84.2 cm³/mol. The second kappa shape index (κ2) is 6.33. The van der Waals surface area contributed by atoms with Gasteiger partial charge in [-0.15, -0.1) is 0 Å². The molecule has 3 rings (SSSR count). The van der Waals surface area contributed by atoms with Crippen molar-refractivity contribution in [2.75, 3.05) is 31.1 Å². The van der Waals surface area contributed by atoms with Crippen LogP contribution in [0.3, 0.4) is 0 Å². The number of hydrogen-bond acceptors (Lipinski definition) is 5. The first kappa shape index (κ1) is 14.8. The molecule has 0 aliphatic carbocycles. The Bertz CT molecular complexity index is 667. The van der Waals surface area contributed by atoms with E-state index in [1.165, 1.54) is 6.20 Å². The van der Waals surface area contributed by atoms with Crippen molar-refractivity contribution in [3.05, 3.63) is 51.2 Å². The van der Waals surface area contributed by atoms with Crippen LogP contribution in [0.4, 0.5) is 11.5 Å². The molecule has 1 aromatic carbocycles. The third-order valence-corrected chi connectivity index (χ3v) is 4.21. The molecule has 0 spiro atoms. The van der Waals surface area contributed by atoms with E-state index >= 15 is 0 Å². The van der Waals surface area contributed by atoms with E-state index in [-0.39, 0.29) is 5.69 Å². The summed E-state index contributed by atoms with van der Waals surface area (Å²) >= 11 is 6.18. The molecule has 0 amide bonds. The summed E-state index contributed by atoms with van der Waals surface area (Å²) < 4.78 is 0. The number of aromatic nitrogens is 2. The lowest BCUT2D eigenvalue weighted by atomic mass is 10.2. The van der Waals surface area contributed by atoms with E-state index in [9.17, 15) is 10.1 Å². The predicted octanol–water partition coefficient (Wildman–Crippen LogP) is 2.29. The fraction of sp³-hybridized carbons (Fsp3) is 0.357. The molecule has 0 saturated carbocycles. The molecule has 2 heterocycles. The topological polar surface area (TPSA) is 78.3 Å². The Kier molecular flexibility index (Phi) is 4.26. The van der Waals surface area contributed by atoms with Crippen LogP contribution in [0.1, 0.15) is 5.56 Å². The minimum atomic E-state index is -0.408. The summed E-state index contributed by atoms with van der Waals surface area (Å²) in [6.07, 6.45) is 1.26. The molecule has 116 valence electrons. The van der Waals surface area contributed by atoms with Crippen LogP contribution in [0.5, 0.6) is 0 Å². The van der Waals surface area contributed by atoms with Crippen LogP contribution in [0, 0.1) is 10.1 Å². The molecule has 8 heteroatoms. The van der Waals surface area contributed by atoms with Gasteiger partial charge in [-0.1, -0.05) is 29.8 Å². The number of nitro groups is 1. The summed E-state index contributed by atoms with van der Waals surface area (Å²) in [7, 11) is 0. The molecule has 2 aromatic rings. The first-order valence-corrected chi connectivity index (χ1v) is 7.41. The van der Waals surface area contributed by atoms with Crippen LogP contribution in [0.25, 0.3) is 0 Å². The first-order chi connectivity index (χ1) is 10.6. The molecule has 1 aromatic heterocycles. The number of nitrogens with zero attached hydrogens (tertiary/aromatic N) is 4. The normalized spacial score (nSPS) is 16.0. The van der Waals surface area contributed by atoms with Gasteiger partial charge in [0.15, 0.2) is 0 Å². The molecule has 1 saturated heterocycles. The number of hydrogen-bond donors (Lipinski definition) is 1. The van der Waals surface area contributed by atoms with Crippen molar-refractivity contribution in [1.82, 2.24) is 15.1 Å². The molecule has 1 N–H and O–H groups in total. The van der Waals surface area contributed by atoms with Gasteiger partial charge in [0.2, 0.25) is 5.82 Å². The van der Waals surface area contributed by atoms with Gasteiger partial charge < -0.3 is 4.90 Å². The molecule has 1 aliphatic heterocycles. The second-order valence-corrected chi connectivity index (χ2v) is 5.62. The largest absolute Gasteiger partial charge is 0.349 e. The third kappa shape index (κ3) is 3.05. The van der Waals surface area contributed by atoms with Crippen molar-refractivity contribution in [3.8, 4) is 0 Å². The quantitative estimate of drug-likeness (QED) is 0.690. The Morgan fingerprint density at radius 2 is 2.00 bits per heavy atom. The minimum Gasteiger partial charge on any atom is -0.349 e. The van der Waals surface area contributed by atoms with Crippen molar-refractivity contribution in [3.63, 3.8) is 0 Å². The maximum atomic E-state index is 11.0. The van der Waals surface area contributed by atoms with E-state index in [0.717, 1.165) is 30.2 Å². The van der Waals surface area contributed by atoms with Crippen molar-refractivity contribution in [2.24, 2.45) is 0 Å². The Labute approximate surface area is 132 Å². The second-order valence-electron chi connectivity index (χ2n) is 5.22. The van der Waals surface area contributed by atoms with Crippen LogP contribution in [-0.2, 0) is 6.54 Å². The van der Waals surface area contributed by atoms with Crippen molar-refractivity contribution in [2.45, 2.75) is 6.54 Å². The van der Waals surface area contributed by atoms with Gasteiger partial charge in [-0.2, -0.15) is 5.10 Å². The number of anilines is 1. The van der Waals surface area contributed by atoms with Gasteiger partial charge in [0, 0.05) is 37.7 Å². The minimum absolute atomic E-state index is 0.0274. The summed E-state index contributed by atoms with van der Waals surface area (Å²) in [6, 6.07) is 7.81. The van der Waals surface area contributed by atoms with Gasteiger partial charge in [0.25, 0.3) is 0 Å². The van der Waals surface area contributed by atoms with E-state index in [1.807, 2.05) is 29.2 Å². The molecule has 1 aliphatic rings. The fourth-order valence-corrected chi connectivity index (χ4v) is 2.83. The number of benzene rings is 1. The zero-order chi connectivity index (χ0) is 15.5. The highest BCUT2D eigenvalue weighted by Gasteiger charge is 2.25. The zero-order valence-electron chi connectivity index (χ0n) is 11.9. The number of halogens is 1. The summed E-state index contributed by atoms with van der Waals surface area (Å²) in [5.41, 5.74) is 1.13. The molecule has 0 radical (unpaired) electrons. The van der Waals surface area contributed by atoms with Gasteiger partial charge in [-0.25, -0.2) is 0 Å². The Hall–Kier alpha value is -2.12. The third-order valence-electron chi connectivity index (χ3n) is 3.84. The molecule has 0 bridgehead atoms. The number of rotatable bonds is 4.